The average Bonchev–Trinajstić information content (AvgIpc) is 3.20. The molecule has 0 saturated heterocycles. The van der Waals surface area contributed by atoms with Gasteiger partial charge in [0.05, 0.1) is 6.54 Å². The van der Waals surface area contributed by atoms with Gasteiger partial charge in [-0.25, -0.2) is 4.98 Å². The van der Waals surface area contributed by atoms with E-state index in [1.165, 1.54) is 0 Å². The van der Waals surface area contributed by atoms with E-state index in [2.05, 4.69) is 20.6 Å². The average molecular weight is 364 g/mol. The van der Waals surface area contributed by atoms with E-state index in [4.69, 9.17) is 14.5 Å². The standard InChI is InChI=1S/C20H20N4O3/c1-2-6-16(7-3-1)25-12-11-22-20-21-10-9-19(24-20)23-13-15-5-4-8-18-17(15)14-26-27-18/h1-10H,11-14H2,(H2,21,22,23,24). The third kappa shape index (κ3) is 4.45. The summed E-state index contributed by atoms with van der Waals surface area (Å²) >= 11 is 0. The number of benzene rings is 2. The predicted molar refractivity (Wildman–Crippen MR) is 102 cm³/mol. The Morgan fingerprint density at radius 2 is 1.93 bits per heavy atom. The Bertz CT molecular complexity index is 889. The summed E-state index contributed by atoms with van der Waals surface area (Å²) in [6, 6.07) is 17.4. The lowest BCUT2D eigenvalue weighted by atomic mass is 10.1. The van der Waals surface area contributed by atoms with Crippen LogP contribution in [-0.2, 0) is 18.0 Å². The molecule has 0 radical (unpaired) electrons. The van der Waals surface area contributed by atoms with Crippen molar-refractivity contribution >= 4 is 11.8 Å². The van der Waals surface area contributed by atoms with Gasteiger partial charge in [-0.05, 0) is 29.8 Å². The van der Waals surface area contributed by atoms with Crippen LogP contribution in [0.25, 0.3) is 0 Å². The minimum absolute atomic E-state index is 0.463. The van der Waals surface area contributed by atoms with Crippen LogP contribution in [0.15, 0.2) is 60.8 Å². The Kier molecular flexibility index (Phi) is 5.31. The van der Waals surface area contributed by atoms with Crippen LogP contribution >= 0.6 is 0 Å². The number of nitrogens with one attached hydrogen (secondary N) is 2. The molecule has 3 aromatic rings. The highest BCUT2D eigenvalue weighted by Gasteiger charge is 2.17. The summed E-state index contributed by atoms with van der Waals surface area (Å²) in [4.78, 5) is 18.9. The Morgan fingerprint density at radius 1 is 1.00 bits per heavy atom. The molecule has 0 amide bonds. The first kappa shape index (κ1) is 17.1. The van der Waals surface area contributed by atoms with E-state index >= 15 is 0 Å². The molecule has 2 heterocycles. The van der Waals surface area contributed by atoms with E-state index in [9.17, 15) is 0 Å². The maximum Gasteiger partial charge on any atom is 0.224 e. The van der Waals surface area contributed by atoms with Gasteiger partial charge in [0.25, 0.3) is 0 Å². The number of hydrogen-bond donors (Lipinski definition) is 2. The van der Waals surface area contributed by atoms with Crippen LogP contribution in [0.4, 0.5) is 11.8 Å². The summed E-state index contributed by atoms with van der Waals surface area (Å²) in [5.74, 6) is 2.92. The highest BCUT2D eigenvalue weighted by Crippen LogP contribution is 2.29. The predicted octanol–water partition coefficient (Wildman–Crippen LogP) is 3.40. The van der Waals surface area contributed by atoms with Gasteiger partial charge in [-0.2, -0.15) is 9.87 Å². The van der Waals surface area contributed by atoms with E-state index in [1.54, 1.807) is 6.20 Å². The first-order valence-electron chi connectivity index (χ1n) is 8.77. The highest BCUT2D eigenvalue weighted by molar-refractivity contribution is 5.45. The maximum absolute atomic E-state index is 5.65. The Hall–Kier alpha value is -3.32. The van der Waals surface area contributed by atoms with E-state index < -0.39 is 0 Å². The molecule has 7 heteroatoms. The second-order valence-electron chi connectivity index (χ2n) is 5.95. The molecule has 27 heavy (non-hydrogen) atoms. The zero-order valence-electron chi connectivity index (χ0n) is 14.7. The number of rotatable bonds is 8. The summed E-state index contributed by atoms with van der Waals surface area (Å²) in [5.41, 5.74) is 2.19. The summed E-state index contributed by atoms with van der Waals surface area (Å²) in [5, 5.41) is 6.48. The number of anilines is 2. The van der Waals surface area contributed by atoms with Crippen molar-refractivity contribution in [1.29, 1.82) is 0 Å². The second kappa shape index (κ2) is 8.37. The molecular weight excluding hydrogens is 344 g/mol. The normalized spacial score (nSPS) is 12.1. The summed E-state index contributed by atoms with van der Waals surface area (Å²) in [6.07, 6.45) is 1.72. The minimum atomic E-state index is 0.463. The lowest BCUT2D eigenvalue weighted by Crippen LogP contribution is -2.14. The monoisotopic (exact) mass is 364 g/mol. The van der Waals surface area contributed by atoms with Crippen molar-refractivity contribution in [2.75, 3.05) is 23.8 Å². The maximum atomic E-state index is 5.65. The van der Waals surface area contributed by atoms with Crippen LogP contribution in [0.2, 0.25) is 0 Å². The van der Waals surface area contributed by atoms with Crippen LogP contribution in [0, 0.1) is 0 Å². The van der Waals surface area contributed by atoms with E-state index in [-0.39, 0.29) is 0 Å². The Balaban J connectivity index is 1.28. The number of aromatic nitrogens is 2. The van der Waals surface area contributed by atoms with Gasteiger partial charge in [-0.15, -0.1) is 0 Å². The van der Waals surface area contributed by atoms with Crippen molar-refractivity contribution in [3.8, 4) is 11.5 Å². The molecule has 138 valence electrons. The molecule has 0 unspecified atom stereocenters. The lowest BCUT2D eigenvalue weighted by Gasteiger charge is -2.10. The summed E-state index contributed by atoms with van der Waals surface area (Å²) in [7, 11) is 0. The van der Waals surface area contributed by atoms with Gasteiger partial charge < -0.3 is 20.3 Å². The molecular formula is C20H20N4O3. The molecule has 0 atom stereocenters. The molecule has 2 N–H and O–H groups in total. The first-order chi connectivity index (χ1) is 13.4. The summed E-state index contributed by atoms with van der Waals surface area (Å²) in [6.45, 7) is 2.23. The SMILES string of the molecule is c1ccc(OCCNc2nccc(NCc3cccc4c3COO4)n2)cc1. The first-order valence-corrected chi connectivity index (χ1v) is 8.77. The van der Waals surface area contributed by atoms with E-state index in [0.29, 0.717) is 32.3 Å². The third-order valence-corrected chi connectivity index (χ3v) is 4.09. The molecule has 4 rings (SSSR count). The molecule has 0 bridgehead atoms. The van der Waals surface area contributed by atoms with E-state index in [1.807, 2.05) is 54.6 Å². The van der Waals surface area contributed by atoms with Gasteiger partial charge in [-0.1, -0.05) is 30.3 Å². The van der Waals surface area contributed by atoms with Crippen LogP contribution in [0.5, 0.6) is 11.5 Å². The number of para-hydroxylation sites is 1. The molecule has 2 aromatic carbocycles. The molecule has 0 aliphatic carbocycles. The summed E-state index contributed by atoms with van der Waals surface area (Å²) < 4.78 is 5.65. The molecule has 1 aliphatic rings. The lowest BCUT2D eigenvalue weighted by molar-refractivity contribution is -0.194. The molecule has 0 saturated carbocycles. The minimum Gasteiger partial charge on any atom is -0.492 e. The van der Waals surface area contributed by atoms with Crippen LogP contribution in [0.1, 0.15) is 11.1 Å². The Labute approximate surface area is 157 Å². The molecule has 1 aliphatic heterocycles. The van der Waals surface area contributed by atoms with Crippen molar-refractivity contribution in [3.63, 3.8) is 0 Å². The van der Waals surface area contributed by atoms with Crippen LogP contribution in [-0.4, -0.2) is 23.1 Å². The topological polar surface area (TPSA) is 77.5 Å². The zero-order valence-corrected chi connectivity index (χ0v) is 14.7. The quantitative estimate of drug-likeness (QED) is 0.468. The third-order valence-electron chi connectivity index (χ3n) is 4.09. The number of nitrogens with zero attached hydrogens (tertiary/aromatic N) is 2. The highest BCUT2D eigenvalue weighted by atomic mass is 17.2. The van der Waals surface area contributed by atoms with Gasteiger partial charge >= 0.3 is 0 Å². The van der Waals surface area contributed by atoms with Gasteiger partial charge in [0.2, 0.25) is 5.95 Å². The molecule has 7 nitrogen and oxygen atoms in total. The number of fused-ring (bicyclic) bond motifs is 1. The number of ether oxygens (including phenoxy) is 1. The fourth-order valence-corrected chi connectivity index (χ4v) is 2.75. The van der Waals surface area contributed by atoms with Crippen molar-refractivity contribution in [3.05, 3.63) is 71.9 Å². The van der Waals surface area contributed by atoms with Crippen molar-refractivity contribution in [2.45, 2.75) is 13.2 Å². The smallest absolute Gasteiger partial charge is 0.224 e. The zero-order chi connectivity index (χ0) is 18.3. The largest absolute Gasteiger partial charge is 0.492 e. The van der Waals surface area contributed by atoms with Gasteiger partial charge in [-0.3, -0.25) is 0 Å². The van der Waals surface area contributed by atoms with Gasteiger partial charge in [0.15, 0.2) is 5.75 Å². The van der Waals surface area contributed by atoms with Crippen molar-refractivity contribution in [2.24, 2.45) is 0 Å². The fraction of sp³-hybridized carbons (Fsp3) is 0.200. The fourth-order valence-electron chi connectivity index (χ4n) is 2.75. The van der Waals surface area contributed by atoms with Crippen molar-refractivity contribution < 1.29 is 14.5 Å². The number of hydrogen-bond acceptors (Lipinski definition) is 7. The van der Waals surface area contributed by atoms with Gasteiger partial charge in [0.1, 0.15) is 24.8 Å². The van der Waals surface area contributed by atoms with E-state index in [0.717, 1.165) is 28.4 Å². The Morgan fingerprint density at radius 3 is 2.85 bits per heavy atom. The second-order valence-corrected chi connectivity index (χ2v) is 5.95. The van der Waals surface area contributed by atoms with Crippen LogP contribution < -0.4 is 20.3 Å². The van der Waals surface area contributed by atoms with Crippen molar-refractivity contribution in [1.82, 2.24) is 9.97 Å². The van der Waals surface area contributed by atoms with Gasteiger partial charge in [0, 0.05) is 18.3 Å². The molecule has 1 aromatic heterocycles. The van der Waals surface area contributed by atoms with Crippen LogP contribution in [0.3, 0.4) is 0 Å². The molecule has 0 fully saturated rings. The molecule has 0 spiro atoms.